The second-order valence-corrected chi connectivity index (χ2v) is 7.30. The Kier molecular flexibility index (Phi) is 8.61. The van der Waals surface area contributed by atoms with E-state index in [9.17, 15) is 4.79 Å². The third kappa shape index (κ3) is 6.48. The minimum absolute atomic E-state index is 0. The van der Waals surface area contributed by atoms with Crippen LogP contribution >= 0.6 is 35.5 Å². The molecule has 0 saturated carbocycles. The van der Waals surface area contributed by atoms with Gasteiger partial charge < -0.3 is 10.6 Å². The van der Waals surface area contributed by atoms with Crippen LogP contribution in [0.3, 0.4) is 0 Å². The Morgan fingerprint density at radius 1 is 1.60 bits per heavy atom. The zero-order valence-corrected chi connectivity index (χ0v) is 14.2. The fourth-order valence-electron chi connectivity index (χ4n) is 2.18. The van der Waals surface area contributed by atoms with Gasteiger partial charge in [0, 0.05) is 41.9 Å². The number of halogens is 1. The number of thiophene rings is 1. The van der Waals surface area contributed by atoms with Gasteiger partial charge in [0.1, 0.15) is 0 Å². The molecule has 1 aliphatic rings. The maximum absolute atomic E-state index is 11.9. The van der Waals surface area contributed by atoms with E-state index >= 15 is 0 Å². The summed E-state index contributed by atoms with van der Waals surface area (Å²) in [5.74, 6) is 2.89. The highest BCUT2D eigenvalue weighted by Crippen LogP contribution is 2.14. The first-order chi connectivity index (χ1) is 9.24. The molecular weight excluding hydrogens is 312 g/mol. The van der Waals surface area contributed by atoms with Crippen molar-refractivity contribution in [2.24, 2.45) is 5.92 Å². The minimum Gasteiger partial charge on any atom is -0.356 e. The van der Waals surface area contributed by atoms with Crippen LogP contribution in [0.1, 0.15) is 18.2 Å². The van der Waals surface area contributed by atoms with Crippen LogP contribution in [0, 0.1) is 5.92 Å². The standard InChI is InChI=1S/C14H22N2OS2.ClH/c1-11(7-13-3-2-5-19-13)9-16-14(17)8-12-10-18-6-4-15-12;/h2-3,5,11-12,15H,4,6-10H2,1H3,(H,16,17);1H. The molecule has 0 radical (unpaired) electrons. The Hall–Kier alpha value is -0.230. The van der Waals surface area contributed by atoms with E-state index in [2.05, 4.69) is 35.1 Å². The number of rotatable bonds is 6. The first kappa shape index (κ1) is 17.8. The van der Waals surface area contributed by atoms with Gasteiger partial charge in [-0.2, -0.15) is 11.8 Å². The topological polar surface area (TPSA) is 41.1 Å². The van der Waals surface area contributed by atoms with Crippen LogP contribution in [-0.4, -0.2) is 36.5 Å². The number of thioether (sulfide) groups is 1. The second kappa shape index (κ2) is 9.66. The van der Waals surface area contributed by atoms with Crippen molar-refractivity contribution in [3.8, 4) is 0 Å². The van der Waals surface area contributed by atoms with Crippen molar-refractivity contribution in [2.45, 2.75) is 25.8 Å². The monoisotopic (exact) mass is 334 g/mol. The summed E-state index contributed by atoms with van der Waals surface area (Å²) in [5.41, 5.74) is 0. The van der Waals surface area contributed by atoms with Gasteiger partial charge in [-0.1, -0.05) is 13.0 Å². The highest BCUT2D eigenvalue weighted by molar-refractivity contribution is 7.99. The summed E-state index contributed by atoms with van der Waals surface area (Å²) in [6.45, 7) is 3.99. The largest absolute Gasteiger partial charge is 0.356 e. The lowest BCUT2D eigenvalue weighted by atomic mass is 10.1. The van der Waals surface area contributed by atoms with Crippen LogP contribution < -0.4 is 10.6 Å². The molecule has 3 nitrogen and oxygen atoms in total. The van der Waals surface area contributed by atoms with Crippen molar-refractivity contribution in [3.63, 3.8) is 0 Å². The van der Waals surface area contributed by atoms with Crippen LogP contribution in [0.2, 0.25) is 0 Å². The maximum atomic E-state index is 11.9. The lowest BCUT2D eigenvalue weighted by molar-refractivity contribution is -0.121. The van der Waals surface area contributed by atoms with Crippen LogP contribution in [0.15, 0.2) is 17.5 Å². The molecule has 114 valence electrons. The van der Waals surface area contributed by atoms with Crippen LogP contribution in [0.25, 0.3) is 0 Å². The quantitative estimate of drug-likeness (QED) is 0.840. The first-order valence-corrected chi connectivity index (χ1v) is 8.87. The zero-order chi connectivity index (χ0) is 13.5. The van der Waals surface area contributed by atoms with E-state index in [0.29, 0.717) is 18.4 Å². The lowest BCUT2D eigenvalue weighted by Crippen LogP contribution is -2.42. The number of carbonyl (C=O) groups excluding carboxylic acids is 1. The number of hydrogen-bond acceptors (Lipinski definition) is 4. The van der Waals surface area contributed by atoms with Gasteiger partial charge in [-0.25, -0.2) is 0 Å². The summed E-state index contributed by atoms with van der Waals surface area (Å²) < 4.78 is 0. The third-order valence-corrected chi connectivity index (χ3v) is 5.24. The molecule has 0 aromatic carbocycles. The predicted octanol–water partition coefficient (Wildman–Crippen LogP) is 2.56. The Morgan fingerprint density at radius 3 is 3.10 bits per heavy atom. The van der Waals surface area contributed by atoms with Crippen molar-refractivity contribution in [2.75, 3.05) is 24.6 Å². The van der Waals surface area contributed by atoms with E-state index in [1.54, 1.807) is 11.3 Å². The van der Waals surface area contributed by atoms with Gasteiger partial charge in [-0.15, -0.1) is 23.7 Å². The summed E-state index contributed by atoms with van der Waals surface area (Å²) in [7, 11) is 0. The van der Waals surface area contributed by atoms with Gasteiger partial charge in [0.15, 0.2) is 0 Å². The molecule has 1 aliphatic heterocycles. The molecule has 2 N–H and O–H groups in total. The van der Waals surface area contributed by atoms with Crippen molar-refractivity contribution < 1.29 is 4.79 Å². The zero-order valence-electron chi connectivity index (χ0n) is 11.8. The predicted molar refractivity (Wildman–Crippen MR) is 91.2 cm³/mol. The molecular formula is C14H23ClN2OS2. The Bertz CT molecular complexity index is 381. The molecule has 0 bridgehead atoms. The molecule has 2 rings (SSSR count). The Labute approximate surface area is 135 Å². The number of carbonyl (C=O) groups is 1. The maximum Gasteiger partial charge on any atom is 0.221 e. The fourth-order valence-corrected chi connectivity index (χ4v) is 4.00. The first-order valence-electron chi connectivity index (χ1n) is 6.84. The van der Waals surface area contributed by atoms with Gasteiger partial charge in [0.25, 0.3) is 0 Å². The normalized spacial score (nSPS) is 19.9. The van der Waals surface area contributed by atoms with Gasteiger partial charge in [0.05, 0.1) is 0 Å². The third-order valence-electron chi connectivity index (χ3n) is 3.21. The average molecular weight is 335 g/mol. The van der Waals surface area contributed by atoms with Crippen LogP contribution in [-0.2, 0) is 11.2 Å². The van der Waals surface area contributed by atoms with Crippen molar-refractivity contribution in [1.82, 2.24) is 10.6 Å². The molecule has 1 aromatic rings. The summed E-state index contributed by atoms with van der Waals surface area (Å²) in [4.78, 5) is 13.3. The molecule has 0 spiro atoms. The van der Waals surface area contributed by atoms with E-state index in [0.717, 1.165) is 31.0 Å². The molecule has 2 atom stereocenters. The molecule has 20 heavy (non-hydrogen) atoms. The van der Waals surface area contributed by atoms with Gasteiger partial charge in [0.2, 0.25) is 5.91 Å². The van der Waals surface area contributed by atoms with Crippen molar-refractivity contribution in [3.05, 3.63) is 22.4 Å². The molecule has 2 unspecified atom stereocenters. The minimum atomic E-state index is 0. The van der Waals surface area contributed by atoms with E-state index < -0.39 is 0 Å². The smallest absolute Gasteiger partial charge is 0.221 e. The summed E-state index contributed by atoms with van der Waals surface area (Å²) in [6.07, 6.45) is 1.66. The lowest BCUT2D eigenvalue weighted by Gasteiger charge is -2.22. The fraction of sp³-hybridized carbons (Fsp3) is 0.643. The molecule has 6 heteroatoms. The summed E-state index contributed by atoms with van der Waals surface area (Å²) in [5, 5.41) is 8.56. The average Bonchev–Trinajstić information content (AvgIpc) is 2.90. The number of nitrogens with one attached hydrogen (secondary N) is 2. The van der Waals surface area contributed by atoms with Gasteiger partial charge in [-0.3, -0.25) is 4.79 Å². The Morgan fingerprint density at radius 2 is 2.45 bits per heavy atom. The van der Waals surface area contributed by atoms with Crippen LogP contribution in [0.4, 0.5) is 0 Å². The molecule has 1 amide bonds. The molecule has 1 saturated heterocycles. The Balaban J connectivity index is 0.00000200. The molecule has 1 fully saturated rings. The number of amides is 1. The van der Waals surface area contributed by atoms with Crippen LogP contribution in [0.5, 0.6) is 0 Å². The summed E-state index contributed by atoms with van der Waals surface area (Å²) in [6, 6.07) is 4.59. The van der Waals surface area contributed by atoms with E-state index in [4.69, 9.17) is 0 Å². The highest BCUT2D eigenvalue weighted by Gasteiger charge is 2.16. The van der Waals surface area contributed by atoms with Crippen molar-refractivity contribution in [1.29, 1.82) is 0 Å². The highest BCUT2D eigenvalue weighted by atomic mass is 35.5. The molecule has 1 aromatic heterocycles. The van der Waals surface area contributed by atoms with E-state index in [1.165, 1.54) is 4.88 Å². The summed E-state index contributed by atoms with van der Waals surface area (Å²) >= 11 is 3.72. The van der Waals surface area contributed by atoms with E-state index in [1.807, 2.05) is 11.8 Å². The second-order valence-electron chi connectivity index (χ2n) is 5.12. The number of hydrogen-bond donors (Lipinski definition) is 2. The van der Waals surface area contributed by atoms with Gasteiger partial charge in [-0.05, 0) is 23.8 Å². The molecule has 0 aliphatic carbocycles. The van der Waals surface area contributed by atoms with Crippen molar-refractivity contribution >= 4 is 41.4 Å². The van der Waals surface area contributed by atoms with Gasteiger partial charge >= 0.3 is 0 Å². The molecule has 2 heterocycles. The SMILES string of the molecule is CC(CNC(=O)CC1CSCCN1)Cc1cccs1.Cl. The van der Waals surface area contributed by atoms with E-state index in [-0.39, 0.29) is 18.3 Å².